The second-order valence-corrected chi connectivity index (χ2v) is 6.37. The summed E-state index contributed by atoms with van der Waals surface area (Å²) >= 11 is 0. The molecule has 0 aliphatic carbocycles. The fraction of sp³-hybridized carbons (Fsp3) is 0.368. The molecule has 1 aromatic carbocycles. The number of carbonyl (C=O) groups is 1. The monoisotopic (exact) mass is 324 g/mol. The van der Waals surface area contributed by atoms with Crippen LogP contribution in [-0.2, 0) is 17.8 Å². The highest BCUT2D eigenvalue weighted by molar-refractivity contribution is 5.80. The maximum atomic E-state index is 12.6. The summed E-state index contributed by atoms with van der Waals surface area (Å²) < 4.78 is 0. The van der Waals surface area contributed by atoms with Gasteiger partial charge in [0.2, 0.25) is 5.91 Å². The summed E-state index contributed by atoms with van der Waals surface area (Å²) in [6.07, 6.45) is 1.97. The minimum Gasteiger partial charge on any atom is -0.383 e. The van der Waals surface area contributed by atoms with Crippen molar-refractivity contribution in [2.24, 2.45) is 0 Å². The van der Waals surface area contributed by atoms with Gasteiger partial charge < -0.3 is 10.6 Å². The molecule has 0 spiro atoms. The molecule has 3 rings (SSSR count). The number of hydrogen-bond donors (Lipinski definition) is 1. The predicted octanol–water partition coefficient (Wildman–Crippen LogP) is 1.94. The number of nitrogens with two attached hydrogens (primary N) is 1. The third kappa shape index (κ3) is 3.92. The van der Waals surface area contributed by atoms with Gasteiger partial charge in [-0.25, -0.2) is 4.98 Å². The fourth-order valence-corrected chi connectivity index (χ4v) is 3.15. The highest BCUT2D eigenvalue weighted by atomic mass is 16.2. The Morgan fingerprint density at radius 2 is 2.00 bits per heavy atom. The van der Waals surface area contributed by atoms with Gasteiger partial charge in [-0.05, 0) is 18.6 Å². The van der Waals surface area contributed by atoms with Gasteiger partial charge in [0.05, 0.1) is 6.42 Å². The van der Waals surface area contributed by atoms with E-state index in [9.17, 15) is 4.79 Å². The Morgan fingerprint density at radius 1 is 1.21 bits per heavy atom. The molecule has 5 nitrogen and oxygen atoms in total. The molecule has 2 aromatic rings. The molecular formula is C19H24N4O. The van der Waals surface area contributed by atoms with Crippen molar-refractivity contribution in [1.82, 2.24) is 14.8 Å². The molecule has 0 radical (unpaired) electrons. The quantitative estimate of drug-likeness (QED) is 0.933. The van der Waals surface area contributed by atoms with E-state index in [0.29, 0.717) is 18.3 Å². The molecule has 1 aliphatic rings. The van der Waals surface area contributed by atoms with E-state index >= 15 is 0 Å². The van der Waals surface area contributed by atoms with Gasteiger partial charge >= 0.3 is 0 Å². The van der Waals surface area contributed by atoms with Crippen LogP contribution in [0.1, 0.15) is 18.1 Å². The van der Waals surface area contributed by atoms with Crippen LogP contribution in [0.2, 0.25) is 0 Å². The molecule has 2 N–H and O–H groups in total. The van der Waals surface area contributed by atoms with Crippen molar-refractivity contribution in [3.8, 4) is 0 Å². The zero-order valence-corrected chi connectivity index (χ0v) is 14.1. The molecule has 1 atom stereocenters. The maximum absolute atomic E-state index is 12.6. The van der Waals surface area contributed by atoms with Crippen LogP contribution in [0.5, 0.6) is 0 Å². The number of amides is 1. The van der Waals surface area contributed by atoms with Gasteiger partial charge in [0.15, 0.2) is 0 Å². The summed E-state index contributed by atoms with van der Waals surface area (Å²) in [6, 6.07) is 14.5. The lowest BCUT2D eigenvalue weighted by molar-refractivity contribution is -0.133. The summed E-state index contributed by atoms with van der Waals surface area (Å²) in [4.78, 5) is 21.0. The van der Waals surface area contributed by atoms with E-state index in [2.05, 4.69) is 41.1 Å². The first-order valence-corrected chi connectivity index (χ1v) is 8.38. The smallest absolute Gasteiger partial charge is 0.227 e. The van der Waals surface area contributed by atoms with Crippen LogP contribution < -0.4 is 5.73 Å². The van der Waals surface area contributed by atoms with Crippen LogP contribution in [0, 0.1) is 0 Å². The van der Waals surface area contributed by atoms with Crippen molar-refractivity contribution in [2.45, 2.75) is 25.9 Å². The van der Waals surface area contributed by atoms with E-state index in [1.54, 1.807) is 6.20 Å². The van der Waals surface area contributed by atoms with Gasteiger partial charge in [-0.15, -0.1) is 0 Å². The number of anilines is 1. The molecule has 1 unspecified atom stereocenters. The molecule has 2 heterocycles. The molecule has 1 aliphatic heterocycles. The molecule has 126 valence electrons. The van der Waals surface area contributed by atoms with Gasteiger partial charge in [0.25, 0.3) is 0 Å². The molecule has 1 aromatic heterocycles. The average molecular weight is 324 g/mol. The Balaban J connectivity index is 1.57. The predicted molar refractivity (Wildman–Crippen MR) is 95.2 cm³/mol. The number of rotatable bonds is 4. The molecule has 24 heavy (non-hydrogen) atoms. The van der Waals surface area contributed by atoms with Crippen LogP contribution in [0.25, 0.3) is 0 Å². The molecular weight excluding hydrogens is 300 g/mol. The normalized spacial score (nSPS) is 18.5. The van der Waals surface area contributed by atoms with E-state index in [0.717, 1.165) is 31.7 Å². The van der Waals surface area contributed by atoms with Crippen molar-refractivity contribution in [3.63, 3.8) is 0 Å². The number of piperazine rings is 1. The van der Waals surface area contributed by atoms with Crippen molar-refractivity contribution in [3.05, 3.63) is 59.8 Å². The lowest BCUT2D eigenvalue weighted by Crippen LogP contribution is -2.53. The van der Waals surface area contributed by atoms with Crippen LogP contribution in [0.15, 0.2) is 48.7 Å². The molecule has 1 amide bonds. The van der Waals surface area contributed by atoms with E-state index < -0.39 is 0 Å². The molecule has 0 saturated carbocycles. The third-order valence-corrected chi connectivity index (χ3v) is 4.61. The first-order chi connectivity index (χ1) is 11.6. The van der Waals surface area contributed by atoms with Crippen molar-refractivity contribution < 1.29 is 4.79 Å². The Hall–Kier alpha value is -2.40. The number of benzene rings is 1. The molecule has 1 fully saturated rings. The Bertz CT molecular complexity index is 689. The minimum atomic E-state index is 0.126. The highest BCUT2D eigenvalue weighted by Crippen LogP contribution is 2.16. The van der Waals surface area contributed by atoms with Crippen molar-refractivity contribution >= 4 is 11.7 Å². The standard InChI is InChI=1S/C19H24N4O/c1-15-13-23(18(24)12-17-8-5-9-21-19(17)20)11-10-22(15)14-16-6-3-2-4-7-16/h2-9,15H,10-14H2,1H3,(H2,20,21). The zero-order chi connectivity index (χ0) is 16.9. The highest BCUT2D eigenvalue weighted by Gasteiger charge is 2.26. The second-order valence-electron chi connectivity index (χ2n) is 6.37. The first kappa shape index (κ1) is 16.5. The number of nitrogen functional groups attached to an aromatic ring is 1. The van der Waals surface area contributed by atoms with E-state index in [-0.39, 0.29) is 5.91 Å². The van der Waals surface area contributed by atoms with Gasteiger partial charge in [0.1, 0.15) is 5.82 Å². The Labute approximate surface area is 143 Å². The van der Waals surface area contributed by atoms with Crippen LogP contribution >= 0.6 is 0 Å². The van der Waals surface area contributed by atoms with E-state index in [1.165, 1.54) is 5.56 Å². The molecule has 0 bridgehead atoms. The van der Waals surface area contributed by atoms with Gasteiger partial charge in [-0.1, -0.05) is 36.4 Å². The van der Waals surface area contributed by atoms with Gasteiger partial charge in [-0.2, -0.15) is 0 Å². The summed E-state index contributed by atoms with van der Waals surface area (Å²) in [5.74, 6) is 0.572. The first-order valence-electron chi connectivity index (χ1n) is 8.38. The van der Waals surface area contributed by atoms with Gasteiger partial charge in [-0.3, -0.25) is 9.69 Å². The maximum Gasteiger partial charge on any atom is 0.227 e. The van der Waals surface area contributed by atoms with Gasteiger partial charge in [0, 0.05) is 44.0 Å². The largest absolute Gasteiger partial charge is 0.383 e. The summed E-state index contributed by atoms with van der Waals surface area (Å²) in [6.45, 7) is 5.52. The Morgan fingerprint density at radius 3 is 2.71 bits per heavy atom. The average Bonchev–Trinajstić information content (AvgIpc) is 2.59. The topological polar surface area (TPSA) is 62.5 Å². The fourth-order valence-electron chi connectivity index (χ4n) is 3.15. The molecule has 5 heteroatoms. The number of carbonyl (C=O) groups excluding carboxylic acids is 1. The summed E-state index contributed by atoms with van der Waals surface area (Å²) in [5.41, 5.74) is 7.96. The van der Waals surface area contributed by atoms with Crippen molar-refractivity contribution in [2.75, 3.05) is 25.4 Å². The number of nitrogens with zero attached hydrogens (tertiary/aromatic N) is 3. The summed E-state index contributed by atoms with van der Waals surface area (Å²) in [5, 5.41) is 0. The SMILES string of the molecule is CC1CN(C(=O)Cc2cccnc2N)CCN1Cc1ccccc1. The van der Waals surface area contributed by atoms with Crippen molar-refractivity contribution in [1.29, 1.82) is 0 Å². The zero-order valence-electron chi connectivity index (χ0n) is 14.1. The van der Waals surface area contributed by atoms with Crippen LogP contribution in [-0.4, -0.2) is 46.4 Å². The minimum absolute atomic E-state index is 0.126. The number of hydrogen-bond acceptors (Lipinski definition) is 4. The lowest BCUT2D eigenvalue weighted by atomic mass is 10.1. The third-order valence-electron chi connectivity index (χ3n) is 4.61. The Kier molecular flexibility index (Phi) is 5.11. The van der Waals surface area contributed by atoms with Crippen LogP contribution in [0.3, 0.4) is 0 Å². The van der Waals surface area contributed by atoms with E-state index in [1.807, 2.05) is 23.1 Å². The summed E-state index contributed by atoms with van der Waals surface area (Å²) in [7, 11) is 0. The lowest BCUT2D eigenvalue weighted by Gasteiger charge is -2.40. The number of aromatic nitrogens is 1. The molecule has 1 saturated heterocycles. The second kappa shape index (κ2) is 7.45. The number of pyridine rings is 1. The van der Waals surface area contributed by atoms with E-state index in [4.69, 9.17) is 5.73 Å². The van der Waals surface area contributed by atoms with Crippen LogP contribution in [0.4, 0.5) is 5.82 Å².